The van der Waals surface area contributed by atoms with Crippen LogP contribution in [0.5, 0.6) is 0 Å². The number of para-hydroxylation sites is 1. The molecule has 0 aliphatic heterocycles. The van der Waals surface area contributed by atoms with Gasteiger partial charge in [0.2, 0.25) is 0 Å². The van der Waals surface area contributed by atoms with Crippen molar-refractivity contribution < 1.29 is 0 Å². The Morgan fingerprint density at radius 3 is 2.44 bits per heavy atom. The van der Waals surface area contributed by atoms with E-state index in [0.29, 0.717) is 18.6 Å². The molecule has 1 aromatic carbocycles. The Balaban J connectivity index is 0.00000364. The summed E-state index contributed by atoms with van der Waals surface area (Å²) < 4.78 is 0. The van der Waals surface area contributed by atoms with Gasteiger partial charge in [0, 0.05) is 43.3 Å². The van der Waals surface area contributed by atoms with E-state index in [1.165, 1.54) is 10.9 Å². The Morgan fingerprint density at radius 2 is 1.78 bits per heavy atom. The van der Waals surface area contributed by atoms with Gasteiger partial charge in [-0.05, 0) is 52.3 Å². The lowest BCUT2D eigenvalue weighted by molar-refractivity contribution is 0.178. The molecule has 0 amide bonds. The predicted molar refractivity (Wildman–Crippen MR) is 127 cm³/mol. The molecule has 6 heteroatoms. The average Bonchev–Trinajstić information content (AvgIpc) is 2.62. The number of hydrogen-bond donors (Lipinski definition) is 2. The molecule has 0 atom stereocenters. The number of guanidine groups is 1. The normalized spacial score (nSPS) is 11.9. The van der Waals surface area contributed by atoms with Crippen LogP contribution in [0.25, 0.3) is 10.9 Å². The molecule has 2 N–H and O–H groups in total. The minimum absolute atomic E-state index is 0. The zero-order valence-corrected chi connectivity index (χ0v) is 19.5. The van der Waals surface area contributed by atoms with Gasteiger partial charge in [-0.25, -0.2) is 4.99 Å². The van der Waals surface area contributed by atoms with Crippen molar-refractivity contribution in [1.29, 1.82) is 0 Å². The Bertz CT molecular complexity index is 701. The summed E-state index contributed by atoms with van der Waals surface area (Å²) in [6.07, 6.45) is 1.86. The van der Waals surface area contributed by atoms with Crippen LogP contribution in [-0.2, 0) is 6.54 Å². The second-order valence-electron chi connectivity index (χ2n) is 7.03. The molecular weight excluding hydrogens is 449 g/mol. The maximum absolute atomic E-state index is 4.77. The Hall–Kier alpha value is -1.41. The van der Waals surface area contributed by atoms with E-state index in [1.54, 1.807) is 0 Å². The minimum atomic E-state index is 0. The summed E-state index contributed by atoms with van der Waals surface area (Å²) >= 11 is 0. The topological polar surface area (TPSA) is 52.6 Å². The summed E-state index contributed by atoms with van der Waals surface area (Å²) in [4.78, 5) is 11.7. The van der Waals surface area contributed by atoms with E-state index in [-0.39, 0.29) is 24.0 Å². The predicted octanol–water partition coefficient (Wildman–Crippen LogP) is 4.03. The highest BCUT2D eigenvalue weighted by molar-refractivity contribution is 14.0. The zero-order chi connectivity index (χ0) is 18.9. The molecule has 2 rings (SSSR count). The third kappa shape index (κ3) is 7.25. The fraction of sp³-hybridized carbons (Fsp3) is 0.524. The maximum atomic E-state index is 4.77. The van der Waals surface area contributed by atoms with E-state index in [1.807, 2.05) is 24.4 Å². The van der Waals surface area contributed by atoms with Crippen molar-refractivity contribution in [3.8, 4) is 0 Å². The molecule has 0 spiro atoms. The van der Waals surface area contributed by atoms with Gasteiger partial charge in [-0.3, -0.25) is 9.88 Å². The SMILES string of the molecule is CCNC(=NCc1ccnc2ccccc12)NCCN(C(C)C)C(C)C.I. The maximum Gasteiger partial charge on any atom is 0.191 e. The third-order valence-electron chi connectivity index (χ3n) is 4.48. The summed E-state index contributed by atoms with van der Waals surface area (Å²) in [6.45, 7) is 14.4. The summed E-state index contributed by atoms with van der Waals surface area (Å²) in [5.41, 5.74) is 2.21. The number of pyridine rings is 1. The van der Waals surface area contributed by atoms with Gasteiger partial charge in [0.25, 0.3) is 0 Å². The van der Waals surface area contributed by atoms with Gasteiger partial charge in [0.1, 0.15) is 0 Å². The quantitative estimate of drug-likeness (QED) is 0.338. The monoisotopic (exact) mass is 483 g/mol. The molecule has 0 saturated heterocycles. The van der Waals surface area contributed by atoms with Gasteiger partial charge in [0.05, 0.1) is 12.1 Å². The standard InChI is InChI=1S/C21H33N5.HI/c1-6-22-21(24-13-14-26(16(2)3)17(4)5)25-15-18-11-12-23-20-10-8-7-9-19(18)20;/h7-12,16-17H,6,13-15H2,1-5H3,(H2,22,24,25);1H. The molecule has 2 aromatic rings. The molecule has 1 heterocycles. The third-order valence-corrected chi connectivity index (χ3v) is 4.48. The molecule has 0 unspecified atom stereocenters. The average molecular weight is 483 g/mol. The molecule has 0 saturated carbocycles. The molecule has 5 nitrogen and oxygen atoms in total. The number of aliphatic imine (C=N–C) groups is 1. The second-order valence-corrected chi connectivity index (χ2v) is 7.03. The van der Waals surface area contributed by atoms with Crippen LogP contribution in [0, 0.1) is 0 Å². The van der Waals surface area contributed by atoms with Crippen molar-refractivity contribution in [2.45, 2.75) is 53.2 Å². The number of hydrogen-bond acceptors (Lipinski definition) is 3. The largest absolute Gasteiger partial charge is 0.357 e. The molecule has 150 valence electrons. The molecule has 0 aliphatic rings. The van der Waals surface area contributed by atoms with Gasteiger partial charge in [-0.2, -0.15) is 0 Å². The molecule has 0 fully saturated rings. The lowest BCUT2D eigenvalue weighted by Gasteiger charge is -2.30. The minimum Gasteiger partial charge on any atom is -0.357 e. The van der Waals surface area contributed by atoms with Crippen molar-refractivity contribution in [2.75, 3.05) is 19.6 Å². The highest BCUT2D eigenvalue weighted by atomic mass is 127. The lowest BCUT2D eigenvalue weighted by Crippen LogP contribution is -2.45. The van der Waals surface area contributed by atoms with E-state index in [4.69, 9.17) is 4.99 Å². The van der Waals surface area contributed by atoms with Crippen molar-refractivity contribution in [1.82, 2.24) is 20.5 Å². The summed E-state index contributed by atoms with van der Waals surface area (Å²) in [5, 5.41) is 7.97. The second kappa shape index (κ2) is 12.1. The number of benzene rings is 1. The van der Waals surface area contributed by atoms with E-state index in [9.17, 15) is 0 Å². The van der Waals surface area contributed by atoms with E-state index >= 15 is 0 Å². The van der Waals surface area contributed by atoms with Crippen LogP contribution in [0.4, 0.5) is 0 Å². The van der Waals surface area contributed by atoms with Crippen molar-refractivity contribution in [3.05, 3.63) is 42.1 Å². The molecule has 0 bridgehead atoms. The number of fused-ring (bicyclic) bond motifs is 1. The van der Waals surface area contributed by atoms with Crippen molar-refractivity contribution in [3.63, 3.8) is 0 Å². The Morgan fingerprint density at radius 1 is 1.07 bits per heavy atom. The van der Waals surface area contributed by atoms with Gasteiger partial charge in [-0.15, -0.1) is 24.0 Å². The first-order valence-corrected chi connectivity index (χ1v) is 9.63. The van der Waals surface area contributed by atoms with Crippen LogP contribution in [0.1, 0.15) is 40.2 Å². The molecule has 27 heavy (non-hydrogen) atoms. The Kier molecular flexibility index (Phi) is 10.6. The van der Waals surface area contributed by atoms with E-state index in [0.717, 1.165) is 31.1 Å². The number of aromatic nitrogens is 1. The van der Waals surface area contributed by atoms with Gasteiger partial charge >= 0.3 is 0 Å². The fourth-order valence-corrected chi connectivity index (χ4v) is 3.22. The molecule has 1 aromatic heterocycles. The van der Waals surface area contributed by atoms with Crippen LogP contribution < -0.4 is 10.6 Å². The summed E-state index contributed by atoms with van der Waals surface area (Å²) in [6, 6.07) is 11.3. The van der Waals surface area contributed by atoms with Gasteiger partial charge in [-0.1, -0.05) is 18.2 Å². The van der Waals surface area contributed by atoms with Crippen molar-refractivity contribution >= 4 is 40.8 Å². The summed E-state index contributed by atoms with van der Waals surface area (Å²) in [7, 11) is 0. The summed E-state index contributed by atoms with van der Waals surface area (Å²) in [5.74, 6) is 0.862. The number of nitrogens with one attached hydrogen (secondary N) is 2. The van der Waals surface area contributed by atoms with Crippen LogP contribution in [-0.4, -0.2) is 47.6 Å². The number of halogens is 1. The van der Waals surface area contributed by atoms with Crippen LogP contribution >= 0.6 is 24.0 Å². The van der Waals surface area contributed by atoms with E-state index < -0.39 is 0 Å². The highest BCUT2D eigenvalue weighted by Gasteiger charge is 2.12. The lowest BCUT2D eigenvalue weighted by atomic mass is 10.1. The first kappa shape index (κ1) is 23.6. The number of nitrogens with zero attached hydrogens (tertiary/aromatic N) is 3. The van der Waals surface area contributed by atoms with Gasteiger partial charge in [0.15, 0.2) is 5.96 Å². The van der Waals surface area contributed by atoms with Crippen molar-refractivity contribution in [2.24, 2.45) is 4.99 Å². The fourth-order valence-electron chi connectivity index (χ4n) is 3.22. The highest BCUT2D eigenvalue weighted by Crippen LogP contribution is 2.16. The first-order valence-electron chi connectivity index (χ1n) is 9.63. The van der Waals surface area contributed by atoms with Crippen LogP contribution in [0.3, 0.4) is 0 Å². The van der Waals surface area contributed by atoms with Crippen LogP contribution in [0.2, 0.25) is 0 Å². The van der Waals surface area contributed by atoms with Gasteiger partial charge < -0.3 is 10.6 Å². The van der Waals surface area contributed by atoms with Crippen LogP contribution in [0.15, 0.2) is 41.5 Å². The molecule has 0 aliphatic carbocycles. The zero-order valence-electron chi connectivity index (χ0n) is 17.2. The number of rotatable bonds is 8. The molecule has 0 radical (unpaired) electrons. The molecular formula is C21H34IN5. The Labute approximate surface area is 181 Å². The first-order chi connectivity index (χ1) is 12.5. The smallest absolute Gasteiger partial charge is 0.191 e. The van der Waals surface area contributed by atoms with E-state index in [2.05, 4.69) is 67.3 Å².